The number of piperazine rings is 1. The Balaban J connectivity index is 1.17. The van der Waals surface area contributed by atoms with Gasteiger partial charge in [-0.1, -0.05) is 0 Å². The number of rotatable bonds is 3. The Labute approximate surface area is 198 Å². The number of pyridine rings is 1. The van der Waals surface area contributed by atoms with Gasteiger partial charge in [0.05, 0.1) is 17.4 Å². The minimum Gasteiger partial charge on any atom is -0.444 e. The van der Waals surface area contributed by atoms with Crippen LogP contribution < -0.4 is 4.90 Å². The first-order valence-corrected chi connectivity index (χ1v) is 12.1. The number of H-pyrrole nitrogens is 1. The highest BCUT2D eigenvalue weighted by molar-refractivity contribution is 5.88. The average Bonchev–Trinajstić information content (AvgIpc) is 3.41. The molecule has 34 heavy (non-hydrogen) atoms. The van der Waals surface area contributed by atoms with Gasteiger partial charge >= 0.3 is 6.09 Å². The van der Waals surface area contributed by atoms with Gasteiger partial charge in [-0.15, -0.1) is 0 Å². The highest BCUT2D eigenvalue weighted by Crippen LogP contribution is 2.38. The summed E-state index contributed by atoms with van der Waals surface area (Å²) >= 11 is 0. The molecule has 2 bridgehead atoms. The van der Waals surface area contributed by atoms with Gasteiger partial charge in [-0.05, 0) is 39.7 Å². The van der Waals surface area contributed by atoms with E-state index in [9.17, 15) is 4.79 Å². The number of imidazole rings is 1. The fourth-order valence-electron chi connectivity index (χ4n) is 5.68. The standard InChI is InChI=1S/C24H32N8O2/c1-24(2,3)34-23(33)31-13-18(14-31)32-16-5-6-17(32)12-30(11-16)19-7-8-25-22-20(19)27-21(28-22)15-9-26-29(4)10-15/h7-10,16-18H,5-6,11-14H2,1-4H3,(H,25,27,28). The molecule has 6 heterocycles. The predicted octanol–water partition coefficient (Wildman–Crippen LogP) is 2.63. The van der Waals surface area contributed by atoms with Crippen LogP contribution in [0.2, 0.25) is 0 Å². The number of amides is 1. The minimum absolute atomic E-state index is 0.197. The second-order valence-electron chi connectivity index (χ2n) is 10.8. The molecule has 3 aromatic heterocycles. The molecule has 1 amide bonds. The van der Waals surface area contributed by atoms with E-state index in [0.29, 0.717) is 18.1 Å². The number of carbonyl (C=O) groups excluding carboxylic acids is 1. The highest BCUT2D eigenvalue weighted by Gasteiger charge is 2.48. The number of aryl methyl sites for hydroxylation is 1. The highest BCUT2D eigenvalue weighted by atomic mass is 16.6. The summed E-state index contributed by atoms with van der Waals surface area (Å²) in [6.07, 6.45) is 7.82. The summed E-state index contributed by atoms with van der Waals surface area (Å²) in [6.45, 7) is 9.19. The predicted molar refractivity (Wildman–Crippen MR) is 129 cm³/mol. The van der Waals surface area contributed by atoms with Crippen molar-refractivity contribution in [2.24, 2.45) is 7.05 Å². The van der Waals surface area contributed by atoms with Crippen LogP contribution in [0.5, 0.6) is 0 Å². The Morgan fingerprint density at radius 3 is 2.50 bits per heavy atom. The maximum absolute atomic E-state index is 12.4. The molecule has 0 saturated carbocycles. The molecular formula is C24H32N8O2. The Morgan fingerprint density at radius 1 is 1.12 bits per heavy atom. The lowest BCUT2D eigenvalue weighted by molar-refractivity contribution is -0.0292. The van der Waals surface area contributed by atoms with Crippen LogP contribution in [0.3, 0.4) is 0 Å². The van der Waals surface area contributed by atoms with E-state index in [4.69, 9.17) is 9.72 Å². The molecule has 10 heteroatoms. The van der Waals surface area contributed by atoms with Crippen molar-refractivity contribution in [2.75, 3.05) is 31.1 Å². The second-order valence-corrected chi connectivity index (χ2v) is 10.8. The minimum atomic E-state index is -0.453. The number of aromatic nitrogens is 5. The summed E-state index contributed by atoms with van der Waals surface area (Å²) in [4.78, 5) is 32.1. The van der Waals surface area contributed by atoms with Gasteiger partial charge in [0, 0.05) is 63.7 Å². The fraction of sp³-hybridized carbons (Fsp3) is 0.583. The molecule has 3 aromatic rings. The molecule has 0 aliphatic carbocycles. The normalized spacial score (nSPS) is 23.5. The average molecular weight is 465 g/mol. The number of anilines is 1. The zero-order valence-corrected chi connectivity index (χ0v) is 20.2. The van der Waals surface area contributed by atoms with Crippen molar-refractivity contribution in [2.45, 2.75) is 57.3 Å². The number of likely N-dealkylation sites (tertiary alicyclic amines) is 1. The van der Waals surface area contributed by atoms with Gasteiger partial charge in [0.15, 0.2) is 5.65 Å². The molecule has 180 valence electrons. The number of hydrogen-bond donors (Lipinski definition) is 1. The number of fused-ring (bicyclic) bond motifs is 3. The van der Waals surface area contributed by atoms with Crippen molar-refractivity contribution < 1.29 is 9.53 Å². The first kappa shape index (κ1) is 21.4. The van der Waals surface area contributed by atoms with E-state index in [2.05, 4.69) is 30.9 Å². The van der Waals surface area contributed by atoms with Gasteiger partial charge in [0.25, 0.3) is 0 Å². The van der Waals surface area contributed by atoms with Crippen molar-refractivity contribution in [1.29, 1.82) is 0 Å². The van der Waals surface area contributed by atoms with E-state index in [-0.39, 0.29) is 6.09 Å². The number of carbonyl (C=O) groups is 1. The van der Waals surface area contributed by atoms with E-state index >= 15 is 0 Å². The molecule has 0 spiro atoms. The van der Waals surface area contributed by atoms with E-state index in [1.54, 1.807) is 4.68 Å². The summed E-state index contributed by atoms with van der Waals surface area (Å²) in [6, 6.07) is 3.49. The molecular weight excluding hydrogens is 432 g/mol. The van der Waals surface area contributed by atoms with E-state index in [1.165, 1.54) is 12.8 Å². The number of nitrogens with zero attached hydrogens (tertiary/aromatic N) is 7. The third kappa shape index (κ3) is 3.70. The molecule has 0 radical (unpaired) electrons. The molecule has 10 nitrogen and oxygen atoms in total. The molecule has 6 rings (SSSR count). The smallest absolute Gasteiger partial charge is 0.410 e. The van der Waals surface area contributed by atoms with Crippen molar-refractivity contribution in [3.8, 4) is 11.4 Å². The van der Waals surface area contributed by atoms with E-state index < -0.39 is 5.60 Å². The third-order valence-corrected chi connectivity index (χ3v) is 7.16. The molecule has 2 unspecified atom stereocenters. The van der Waals surface area contributed by atoms with Crippen LogP contribution in [-0.4, -0.2) is 90.5 Å². The van der Waals surface area contributed by atoms with Gasteiger partial charge in [-0.2, -0.15) is 5.10 Å². The molecule has 3 saturated heterocycles. The summed E-state index contributed by atoms with van der Waals surface area (Å²) < 4.78 is 7.31. The molecule has 3 aliphatic rings. The van der Waals surface area contributed by atoms with Crippen LogP contribution in [0.15, 0.2) is 24.7 Å². The van der Waals surface area contributed by atoms with Crippen LogP contribution in [0.4, 0.5) is 10.5 Å². The van der Waals surface area contributed by atoms with Crippen molar-refractivity contribution in [3.63, 3.8) is 0 Å². The largest absolute Gasteiger partial charge is 0.444 e. The summed E-state index contributed by atoms with van der Waals surface area (Å²) in [5, 5.41) is 4.26. The van der Waals surface area contributed by atoms with Crippen LogP contribution in [0.25, 0.3) is 22.6 Å². The number of ether oxygens (including phenoxy) is 1. The maximum atomic E-state index is 12.4. The Kier molecular flexibility index (Phi) is 4.84. The van der Waals surface area contributed by atoms with Gasteiger partial charge in [0.1, 0.15) is 16.9 Å². The van der Waals surface area contributed by atoms with E-state index in [0.717, 1.165) is 54.4 Å². The van der Waals surface area contributed by atoms with Crippen molar-refractivity contribution in [3.05, 3.63) is 24.7 Å². The van der Waals surface area contributed by atoms with Crippen LogP contribution >= 0.6 is 0 Å². The van der Waals surface area contributed by atoms with Crippen molar-refractivity contribution in [1.82, 2.24) is 34.5 Å². The third-order valence-electron chi connectivity index (χ3n) is 7.16. The van der Waals surface area contributed by atoms with Gasteiger partial charge in [-0.25, -0.2) is 14.8 Å². The summed E-state index contributed by atoms with van der Waals surface area (Å²) in [5.41, 5.74) is 3.35. The topological polar surface area (TPSA) is 95.4 Å². The lowest BCUT2D eigenvalue weighted by atomic mass is 10.0. The van der Waals surface area contributed by atoms with Gasteiger partial charge in [0.2, 0.25) is 0 Å². The molecule has 1 N–H and O–H groups in total. The molecule has 0 aromatic carbocycles. The van der Waals surface area contributed by atoms with Crippen LogP contribution in [0, 0.1) is 0 Å². The first-order chi connectivity index (χ1) is 16.2. The Morgan fingerprint density at radius 2 is 1.85 bits per heavy atom. The monoisotopic (exact) mass is 464 g/mol. The summed E-state index contributed by atoms with van der Waals surface area (Å²) in [5.74, 6) is 0.793. The first-order valence-electron chi connectivity index (χ1n) is 12.1. The zero-order chi connectivity index (χ0) is 23.6. The van der Waals surface area contributed by atoms with E-state index in [1.807, 2.05) is 51.3 Å². The van der Waals surface area contributed by atoms with Crippen molar-refractivity contribution >= 4 is 22.9 Å². The maximum Gasteiger partial charge on any atom is 0.410 e. The fourth-order valence-corrected chi connectivity index (χ4v) is 5.68. The van der Waals surface area contributed by atoms with Gasteiger partial charge in [-0.3, -0.25) is 9.58 Å². The number of hydrogen-bond acceptors (Lipinski definition) is 7. The molecule has 3 fully saturated rings. The second kappa shape index (κ2) is 7.69. The van der Waals surface area contributed by atoms with Crippen LogP contribution in [0.1, 0.15) is 33.6 Å². The lowest BCUT2D eigenvalue weighted by Crippen LogP contribution is -2.68. The number of aromatic amines is 1. The van der Waals surface area contributed by atoms with Crippen LogP contribution in [-0.2, 0) is 11.8 Å². The quantitative estimate of drug-likeness (QED) is 0.637. The number of nitrogens with one attached hydrogen (secondary N) is 1. The zero-order valence-electron chi connectivity index (χ0n) is 20.2. The Hall–Kier alpha value is -3.14. The summed E-state index contributed by atoms with van der Waals surface area (Å²) in [7, 11) is 1.90. The van der Waals surface area contributed by atoms with Gasteiger partial charge < -0.3 is 19.5 Å². The SMILES string of the molecule is Cn1cc(-c2nc3c(N4CC5CCC(C4)N5C4CN(C(=O)OC(C)(C)C)C4)ccnc3[nH]2)cn1. The molecule has 3 aliphatic heterocycles. The molecule has 2 atom stereocenters. The lowest BCUT2D eigenvalue weighted by Gasteiger charge is -2.51. The Bertz CT molecular complexity index is 1210.